The molecule has 0 aromatic rings. The number of Topliss-reactive ketones (excluding diaryl/α,β-unsaturated/α-hetero) is 1. The van der Waals surface area contributed by atoms with E-state index in [1.165, 1.54) is 12.8 Å². The SMILES string of the molecule is COC1(C)CC(C)CN(CCO)[C@H](CCCN2CCCC2)COC(=O)C(C)(C)C(=O)C(C)C1O[C@@H]1O[C@H](C)C[C@H](N(C)C)[C@H]1O. The van der Waals surface area contributed by atoms with Gasteiger partial charge in [-0.05, 0) is 106 Å². The summed E-state index contributed by atoms with van der Waals surface area (Å²) in [6, 6.07) is -0.278. The van der Waals surface area contributed by atoms with E-state index in [2.05, 4.69) is 16.7 Å². The fourth-order valence-corrected chi connectivity index (χ4v) is 7.70. The molecule has 3 aliphatic rings. The highest BCUT2D eigenvalue weighted by molar-refractivity contribution is 6.04. The number of aliphatic hydroxyl groups is 2. The molecule has 4 unspecified atom stereocenters. The number of nitrogens with zero attached hydrogens (tertiary/aromatic N) is 3. The standard InChI is InChI=1S/C34H63N3O8/c1-23-20-34(6,42-9)30(45-31-28(39)27(35(7)8)19-24(2)44-31)25(3)29(40)33(4,5)32(41)43-22-26(37(21-23)17-18-38)13-12-16-36-14-10-11-15-36/h23-28,30-31,38-39H,10-22H2,1-9H3/t23?,24-,25?,26-,27+,28-,30?,31+,34?/m1/s1. The van der Waals surface area contributed by atoms with E-state index >= 15 is 0 Å². The summed E-state index contributed by atoms with van der Waals surface area (Å²) >= 11 is 0. The Morgan fingerprint density at radius 1 is 1.07 bits per heavy atom. The Morgan fingerprint density at radius 3 is 2.33 bits per heavy atom. The fourth-order valence-electron chi connectivity index (χ4n) is 7.70. The molecule has 3 aliphatic heterocycles. The molecule has 0 aromatic heterocycles. The first-order chi connectivity index (χ1) is 21.1. The summed E-state index contributed by atoms with van der Waals surface area (Å²) in [7, 11) is 5.45. The van der Waals surface area contributed by atoms with Crippen LogP contribution < -0.4 is 0 Å². The van der Waals surface area contributed by atoms with E-state index in [-0.39, 0.29) is 43.1 Å². The molecule has 11 nitrogen and oxygen atoms in total. The maximum atomic E-state index is 14.2. The van der Waals surface area contributed by atoms with Crippen molar-refractivity contribution in [2.75, 3.05) is 67.1 Å². The zero-order valence-corrected chi connectivity index (χ0v) is 29.5. The van der Waals surface area contributed by atoms with Gasteiger partial charge in [0.15, 0.2) is 12.1 Å². The first-order valence-electron chi connectivity index (χ1n) is 17.1. The number of esters is 1. The predicted octanol–water partition coefficient (Wildman–Crippen LogP) is 2.56. The fraction of sp³-hybridized carbons (Fsp3) is 0.941. The minimum absolute atomic E-state index is 0.0142. The summed E-state index contributed by atoms with van der Waals surface area (Å²) in [5, 5.41) is 21.4. The van der Waals surface area contributed by atoms with Crippen LogP contribution >= 0.6 is 0 Å². The molecule has 0 aromatic carbocycles. The van der Waals surface area contributed by atoms with Gasteiger partial charge in [0, 0.05) is 38.2 Å². The maximum absolute atomic E-state index is 14.2. The Morgan fingerprint density at radius 2 is 1.73 bits per heavy atom. The second kappa shape index (κ2) is 16.8. The van der Waals surface area contributed by atoms with Gasteiger partial charge in [0.05, 0.1) is 24.4 Å². The van der Waals surface area contributed by atoms with Crippen molar-refractivity contribution in [1.29, 1.82) is 0 Å². The lowest BCUT2D eigenvalue weighted by Crippen LogP contribution is -2.59. The number of β-amino-alcohol motifs (C(OH)–C–C–N with tert-alkyl or cyclic N) is 1. The smallest absolute Gasteiger partial charge is 0.319 e. The van der Waals surface area contributed by atoms with Gasteiger partial charge in [-0.15, -0.1) is 0 Å². The largest absolute Gasteiger partial charge is 0.463 e. The van der Waals surface area contributed by atoms with Crippen LogP contribution in [0.15, 0.2) is 0 Å². The summed E-state index contributed by atoms with van der Waals surface area (Å²) in [6.45, 7) is 15.5. The predicted molar refractivity (Wildman–Crippen MR) is 173 cm³/mol. The van der Waals surface area contributed by atoms with Gasteiger partial charge in [0.25, 0.3) is 0 Å². The van der Waals surface area contributed by atoms with Gasteiger partial charge in [-0.3, -0.25) is 14.5 Å². The van der Waals surface area contributed by atoms with Crippen LogP contribution in [-0.2, 0) is 28.5 Å². The monoisotopic (exact) mass is 641 g/mol. The normalized spacial score (nSPS) is 38.0. The van der Waals surface area contributed by atoms with Gasteiger partial charge in [-0.1, -0.05) is 13.8 Å². The van der Waals surface area contributed by atoms with Gasteiger partial charge < -0.3 is 39.0 Å². The molecule has 262 valence electrons. The first kappa shape index (κ1) is 38.3. The number of ether oxygens (including phenoxy) is 4. The average molecular weight is 642 g/mol. The molecule has 0 saturated carbocycles. The van der Waals surface area contributed by atoms with Gasteiger partial charge in [-0.2, -0.15) is 0 Å². The van der Waals surface area contributed by atoms with E-state index in [0.29, 0.717) is 25.9 Å². The Labute approximate surface area is 271 Å². The molecule has 3 fully saturated rings. The van der Waals surface area contributed by atoms with Crippen LogP contribution in [0.3, 0.4) is 0 Å². The van der Waals surface area contributed by atoms with E-state index < -0.39 is 41.4 Å². The minimum atomic E-state index is -1.44. The van der Waals surface area contributed by atoms with Crippen molar-refractivity contribution in [3.05, 3.63) is 0 Å². The van der Waals surface area contributed by atoms with E-state index in [0.717, 1.165) is 32.5 Å². The van der Waals surface area contributed by atoms with Crippen molar-refractivity contribution in [2.24, 2.45) is 17.3 Å². The zero-order chi connectivity index (χ0) is 33.5. The second-order valence-electron chi connectivity index (χ2n) is 14.9. The Bertz CT molecular complexity index is 944. The van der Waals surface area contributed by atoms with Crippen molar-refractivity contribution in [2.45, 2.75) is 122 Å². The van der Waals surface area contributed by atoms with Crippen LogP contribution in [0.4, 0.5) is 0 Å². The number of methoxy groups -OCH3 is 1. The molecule has 0 amide bonds. The lowest BCUT2D eigenvalue weighted by Gasteiger charge is -2.47. The number of aliphatic hydroxyl groups excluding tert-OH is 2. The summed E-state index contributed by atoms with van der Waals surface area (Å²) in [4.78, 5) is 34.5. The summed E-state index contributed by atoms with van der Waals surface area (Å²) in [5.41, 5.74) is -2.40. The van der Waals surface area contributed by atoms with Crippen molar-refractivity contribution >= 4 is 11.8 Å². The molecule has 2 N–H and O–H groups in total. The molecule has 3 saturated heterocycles. The Hall–Kier alpha value is -1.18. The Kier molecular flexibility index (Phi) is 14.3. The lowest BCUT2D eigenvalue weighted by atomic mass is 9.74. The van der Waals surface area contributed by atoms with Crippen LogP contribution in [0.1, 0.15) is 80.1 Å². The number of likely N-dealkylation sites (N-methyl/N-ethyl adjacent to an activating group) is 1. The molecule has 11 heteroatoms. The summed E-state index contributed by atoms with van der Waals surface area (Å²) in [6.07, 6.45) is 2.51. The van der Waals surface area contributed by atoms with Gasteiger partial charge >= 0.3 is 5.97 Å². The number of carbonyl (C=O) groups excluding carboxylic acids is 2. The summed E-state index contributed by atoms with van der Waals surface area (Å²) in [5.74, 6) is -1.59. The van der Waals surface area contributed by atoms with E-state index in [9.17, 15) is 19.8 Å². The molecule has 9 atom stereocenters. The molecular formula is C34H63N3O8. The third-order valence-corrected chi connectivity index (χ3v) is 10.4. The molecule has 45 heavy (non-hydrogen) atoms. The van der Waals surface area contributed by atoms with Crippen molar-refractivity contribution in [3.8, 4) is 0 Å². The quantitative estimate of drug-likeness (QED) is 0.271. The minimum Gasteiger partial charge on any atom is -0.463 e. The zero-order valence-electron chi connectivity index (χ0n) is 29.5. The highest BCUT2D eigenvalue weighted by atomic mass is 16.7. The molecule has 3 rings (SSSR count). The maximum Gasteiger partial charge on any atom is 0.319 e. The molecule has 0 spiro atoms. The first-order valence-corrected chi connectivity index (χ1v) is 17.1. The van der Waals surface area contributed by atoms with Crippen LogP contribution in [-0.4, -0.2) is 146 Å². The average Bonchev–Trinajstić information content (AvgIpc) is 3.50. The molecule has 0 radical (unpaired) electrons. The highest BCUT2D eigenvalue weighted by Gasteiger charge is 2.51. The van der Waals surface area contributed by atoms with Crippen molar-refractivity contribution in [3.63, 3.8) is 0 Å². The second-order valence-corrected chi connectivity index (χ2v) is 14.9. The van der Waals surface area contributed by atoms with Crippen molar-refractivity contribution in [1.82, 2.24) is 14.7 Å². The number of ketones is 1. The van der Waals surface area contributed by atoms with E-state index in [4.69, 9.17) is 18.9 Å². The molecular weight excluding hydrogens is 578 g/mol. The number of rotatable bonds is 10. The van der Waals surface area contributed by atoms with Gasteiger partial charge in [-0.25, -0.2) is 0 Å². The number of likely N-dealkylation sites (tertiary alicyclic amines) is 1. The topological polar surface area (TPSA) is 121 Å². The Balaban J connectivity index is 1.95. The number of hydrogen-bond donors (Lipinski definition) is 2. The van der Waals surface area contributed by atoms with Crippen LogP contribution in [0.25, 0.3) is 0 Å². The van der Waals surface area contributed by atoms with Crippen molar-refractivity contribution < 1.29 is 38.7 Å². The van der Waals surface area contributed by atoms with Crippen LogP contribution in [0, 0.1) is 17.3 Å². The third kappa shape index (κ3) is 9.69. The van der Waals surface area contributed by atoms with Crippen LogP contribution in [0.5, 0.6) is 0 Å². The third-order valence-electron chi connectivity index (χ3n) is 10.4. The van der Waals surface area contributed by atoms with Gasteiger partial charge in [0.2, 0.25) is 0 Å². The number of hydrogen-bond acceptors (Lipinski definition) is 11. The van der Waals surface area contributed by atoms with E-state index in [1.54, 1.807) is 27.9 Å². The van der Waals surface area contributed by atoms with Crippen LogP contribution in [0.2, 0.25) is 0 Å². The highest BCUT2D eigenvalue weighted by Crippen LogP contribution is 2.38. The van der Waals surface area contributed by atoms with E-state index in [1.807, 2.05) is 32.8 Å². The number of carbonyl (C=O) groups is 2. The molecule has 0 bridgehead atoms. The number of cyclic esters (lactones) is 1. The van der Waals surface area contributed by atoms with Gasteiger partial charge in [0.1, 0.15) is 18.1 Å². The molecule has 3 heterocycles. The lowest BCUT2D eigenvalue weighted by molar-refractivity contribution is -0.295. The summed E-state index contributed by atoms with van der Waals surface area (Å²) < 4.78 is 24.9. The molecule has 0 aliphatic carbocycles.